The highest BCUT2D eigenvalue weighted by Gasteiger charge is 2.21. The van der Waals surface area contributed by atoms with Gasteiger partial charge in [-0.25, -0.2) is 9.97 Å². The van der Waals surface area contributed by atoms with Gasteiger partial charge in [0.15, 0.2) is 16.6 Å². The number of thiazole rings is 1. The Labute approximate surface area is 225 Å². The lowest BCUT2D eigenvalue weighted by Gasteiger charge is -2.18. The maximum absolute atomic E-state index is 13.6. The van der Waals surface area contributed by atoms with Gasteiger partial charge >= 0.3 is 0 Å². The number of hydrogen-bond donors (Lipinski definition) is 0. The normalized spacial score (nSPS) is 11.1. The summed E-state index contributed by atoms with van der Waals surface area (Å²) < 4.78 is 30.1. The standard InChI is InChI=1S/C27H30N4O6S/c1-33-19-8-9-20(34-2)26-24(19)29-27(38-26)31(13-6-12-30-14-11-28-17-30)23(32)10-7-18-15-21(35-3)25(37-5)22(16-18)36-4/h7-11,14-17H,6,12-13H2,1-5H3/b10-7+. The van der Waals surface area contributed by atoms with Crippen LogP contribution in [0, 0.1) is 0 Å². The van der Waals surface area contributed by atoms with Gasteiger partial charge in [0, 0.05) is 31.6 Å². The Balaban J connectivity index is 1.67. The molecule has 0 unspecified atom stereocenters. The molecule has 0 atom stereocenters. The summed E-state index contributed by atoms with van der Waals surface area (Å²) in [7, 11) is 7.84. The first-order valence-electron chi connectivity index (χ1n) is 11.8. The molecule has 0 spiro atoms. The SMILES string of the molecule is COc1cc(/C=C/C(=O)N(CCCn2ccnc2)c2nc3c(OC)ccc(OC)c3s2)cc(OC)c1OC. The fourth-order valence-electron chi connectivity index (χ4n) is 3.98. The van der Waals surface area contributed by atoms with Gasteiger partial charge in [0.25, 0.3) is 5.91 Å². The molecule has 4 rings (SSSR count). The van der Waals surface area contributed by atoms with E-state index in [-0.39, 0.29) is 5.91 Å². The number of amides is 1. The Morgan fingerprint density at radius 2 is 1.66 bits per heavy atom. The number of aryl methyl sites for hydroxylation is 1. The molecule has 11 heteroatoms. The minimum atomic E-state index is -0.221. The van der Waals surface area contributed by atoms with Crippen molar-refractivity contribution in [2.45, 2.75) is 13.0 Å². The first-order chi connectivity index (χ1) is 18.5. The number of carbonyl (C=O) groups excluding carboxylic acids is 1. The molecule has 0 radical (unpaired) electrons. The highest BCUT2D eigenvalue weighted by molar-refractivity contribution is 7.22. The molecule has 0 saturated carbocycles. The van der Waals surface area contributed by atoms with Crippen LogP contribution in [0.25, 0.3) is 16.3 Å². The largest absolute Gasteiger partial charge is 0.495 e. The number of methoxy groups -OCH3 is 5. The van der Waals surface area contributed by atoms with E-state index < -0.39 is 0 Å². The van der Waals surface area contributed by atoms with E-state index in [2.05, 4.69) is 4.98 Å². The monoisotopic (exact) mass is 538 g/mol. The van der Waals surface area contributed by atoms with Crippen molar-refractivity contribution in [2.75, 3.05) is 47.0 Å². The summed E-state index contributed by atoms with van der Waals surface area (Å²) in [5.41, 5.74) is 1.37. The summed E-state index contributed by atoms with van der Waals surface area (Å²) in [5.74, 6) is 2.55. The van der Waals surface area contributed by atoms with Crippen molar-refractivity contribution in [1.82, 2.24) is 14.5 Å². The first-order valence-corrected chi connectivity index (χ1v) is 12.6. The molecule has 0 aliphatic carbocycles. The molecule has 4 aromatic rings. The number of rotatable bonds is 12. The molecule has 0 aliphatic rings. The maximum atomic E-state index is 13.6. The minimum Gasteiger partial charge on any atom is -0.495 e. The Morgan fingerprint density at radius 1 is 0.974 bits per heavy atom. The number of anilines is 1. The number of benzene rings is 2. The van der Waals surface area contributed by atoms with E-state index in [1.165, 1.54) is 17.4 Å². The molecular formula is C27H30N4O6S. The molecular weight excluding hydrogens is 508 g/mol. The van der Waals surface area contributed by atoms with Crippen molar-refractivity contribution in [1.29, 1.82) is 0 Å². The quantitative estimate of drug-likeness (QED) is 0.240. The van der Waals surface area contributed by atoms with E-state index in [4.69, 9.17) is 28.7 Å². The van der Waals surface area contributed by atoms with Gasteiger partial charge in [-0.2, -0.15) is 0 Å². The highest BCUT2D eigenvalue weighted by Crippen LogP contribution is 2.41. The summed E-state index contributed by atoms with van der Waals surface area (Å²) in [6.07, 6.45) is 9.30. The Hall–Kier alpha value is -4.25. The van der Waals surface area contributed by atoms with Crippen molar-refractivity contribution in [3.63, 3.8) is 0 Å². The number of hydrogen-bond acceptors (Lipinski definition) is 9. The third kappa shape index (κ3) is 5.67. The van der Waals surface area contributed by atoms with Crippen LogP contribution in [0.3, 0.4) is 0 Å². The second kappa shape index (κ2) is 12.3. The summed E-state index contributed by atoms with van der Waals surface area (Å²) >= 11 is 1.38. The van der Waals surface area contributed by atoms with Crippen molar-refractivity contribution < 1.29 is 28.5 Å². The first kappa shape index (κ1) is 26.8. The average molecular weight is 539 g/mol. The van der Waals surface area contributed by atoms with E-state index >= 15 is 0 Å². The summed E-state index contributed by atoms with van der Waals surface area (Å²) in [6.45, 7) is 1.15. The molecule has 38 heavy (non-hydrogen) atoms. The van der Waals surface area contributed by atoms with Gasteiger partial charge in [0.1, 0.15) is 21.7 Å². The van der Waals surface area contributed by atoms with Crippen LogP contribution >= 0.6 is 11.3 Å². The Morgan fingerprint density at radius 3 is 2.26 bits per heavy atom. The van der Waals surface area contributed by atoms with Gasteiger partial charge in [0.2, 0.25) is 5.75 Å². The zero-order valence-electron chi connectivity index (χ0n) is 22.0. The molecule has 0 fully saturated rings. The number of fused-ring (bicyclic) bond motifs is 1. The van der Waals surface area contributed by atoms with Crippen molar-refractivity contribution in [3.8, 4) is 28.7 Å². The second-order valence-corrected chi connectivity index (χ2v) is 9.06. The van der Waals surface area contributed by atoms with Crippen LogP contribution < -0.4 is 28.6 Å². The fourth-order valence-corrected chi connectivity index (χ4v) is 5.08. The third-order valence-corrected chi connectivity index (χ3v) is 6.95. The smallest absolute Gasteiger partial charge is 0.252 e. The Kier molecular flexibility index (Phi) is 8.70. The molecule has 1 amide bonds. The molecule has 2 aromatic carbocycles. The van der Waals surface area contributed by atoms with Crippen LogP contribution in [-0.4, -0.2) is 62.5 Å². The summed E-state index contributed by atoms with van der Waals surface area (Å²) in [6, 6.07) is 7.20. The predicted molar refractivity (Wildman–Crippen MR) is 147 cm³/mol. The number of aromatic nitrogens is 3. The topological polar surface area (TPSA) is 97.2 Å². The summed E-state index contributed by atoms with van der Waals surface area (Å²) in [5, 5.41) is 0.549. The molecule has 0 bridgehead atoms. The van der Waals surface area contributed by atoms with Crippen LogP contribution in [0.4, 0.5) is 5.13 Å². The lowest BCUT2D eigenvalue weighted by atomic mass is 10.1. The van der Waals surface area contributed by atoms with Gasteiger partial charge in [-0.1, -0.05) is 11.3 Å². The van der Waals surface area contributed by atoms with Crippen molar-refractivity contribution in [2.24, 2.45) is 0 Å². The third-order valence-electron chi connectivity index (χ3n) is 5.86. The molecule has 2 aromatic heterocycles. The second-order valence-electron chi connectivity index (χ2n) is 8.08. The lowest BCUT2D eigenvalue weighted by Crippen LogP contribution is -2.30. The van der Waals surface area contributed by atoms with E-state index in [0.717, 1.165) is 10.3 Å². The Bertz CT molecular complexity index is 1350. The highest BCUT2D eigenvalue weighted by atomic mass is 32.1. The van der Waals surface area contributed by atoms with E-state index in [9.17, 15) is 4.79 Å². The molecule has 0 aliphatic heterocycles. The molecule has 0 N–H and O–H groups in total. The molecule has 200 valence electrons. The zero-order chi connectivity index (χ0) is 27.1. The number of nitrogens with zero attached hydrogens (tertiary/aromatic N) is 4. The van der Waals surface area contributed by atoms with Crippen LogP contribution in [0.5, 0.6) is 28.7 Å². The minimum absolute atomic E-state index is 0.221. The maximum Gasteiger partial charge on any atom is 0.252 e. The van der Waals surface area contributed by atoms with E-state index in [0.29, 0.717) is 58.9 Å². The van der Waals surface area contributed by atoms with Gasteiger partial charge in [0.05, 0.1) is 41.9 Å². The van der Waals surface area contributed by atoms with Crippen LogP contribution in [-0.2, 0) is 11.3 Å². The van der Waals surface area contributed by atoms with Crippen molar-refractivity contribution in [3.05, 3.63) is 54.6 Å². The van der Waals surface area contributed by atoms with Gasteiger partial charge in [-0.05, 0) is 42.3 Å². The number of imidazole rings is 1. The number of carbonyl (C=O) groups is 1. The van der Waals surface area contributed by atoms with Crippen LogP contribution in [0.15, 0.2) is 49.1 Å². The average Bonchev–Trinajstić information content (AvgIpc) is 3.63. The number of ether oxygens (including phenoxy) is 5. The van der Waals surface area contributed by atoms with Crippen LogP contribution in [0.2, 0.25) is 0 Å². The predicted octanol–water partition coefficient (Wildman–Crippen LogP) is 4.67. The molecule has 0 saturated heterocycles. The van der Waals surface area contributed by atoms with Crippen LogP contribution in [0.1, 0.15) is 12.0 Å². The molecule has 10 nitrogen and oxygen atoms in total. The summed E-state index contributed by atoms with van der Waals surface area (Å²) in [4.78, 5) is 24.1. The lowest BCUT2D eigenvalue weighted by molar-refractivity contribution is -0.114. The van der Waals surface area contributed by atoms with Gasteiger partial charge < -0.3 is 28.3 Å². The van der Waals surface area contributed by atoms with Crippen molar-refractivity contribution >= 4 is 38.7 Å². The van der Waals surface area contributed by atoms with Gasteiger partial charge in [-0.3, -0.25) is 9.69 Å². The zero-order valence-corrected chi connectivity index (χ0v) is 22.8. The van der Waals surface area contributed by atoms with E-state index in [1.807, 2.05) is 16.8 Å². The fraction of sp³-hybridized carbons (Fsp3) is 0.296. The molecule has 2 heterocycles. The van der Waals surface area contributed by atoms with Gasteiger partial charge in [-0.15, -0.1) is 0 Å². The van der Waals surface area contributed by atoms with E-state index in [1.54, 1.807) is 77.2 Å².